The summed E-state index contributed by atoms with van der Waals surface area (Å²) < 4.78 is 16.2. The summed E-state index contributed by atoms with van der Waals surface area (Å²) in [4.78, 5) is 31.0. The smallest absolute Gasteiger partial charge is 0.325 e. The van der Waals surface area contributed by atoms with Crippen LogP contribution in [0.5, 0.6) is 17.2 Å². The molecule has 2 aromatic carbocycles. The molecule has 0 saturated carbocycles. The number of nitrogens with zero attached hydrogens (tertiary/aromatic N) is 3. The van der Waals surface area contributed by atoms with Gasteiger partial charge in [-0.1, -0.05) is 0 Å². The fourth-order valence-corrected chi connectivity index (χ4v) is 4.22. The van der Waals surface area contributed by atoms with E-state index in [1.165, 1.54) is 0 Å². The normalized spacial score (nSPS) is 15.6. The highest BCUT2D eigenvalue weighted by molar-refractivity contribution is 5.96. The summed E-state index contributed by atoms with van der Waals surface area (Å²) in [5.74, 6) is 2.08. The number of ether oxygens (including phenoxy) is 3. The van der Waals surface area contributed by atoms with Gasteiger partial charge in [-0.2, -0.15) is 0 Å². The van der Waals surface area contributed by atoms with Crippen LogP contribution in [-0.2, 0) is 17.8 Å². The first-order chi connectivity index (χ1) is 15.5. The molecule has 8 heteroatoms. The third-order valence-electron chi connectivity index (χ3n) is 5.95. The Morgan fingerprint density at radius 2 is 1.66 bits per heavy atom. The van der Waals surface area contributed by atoms with Crippen LogP contribution in [0.2, 0.25) is 0 Å². The van der Waals surface area contributed by atoms with Crippen molar-refractivity contribution in [3.63, 3.8) is 0 Å². The van der Waals surface area contributed by atoms with Crippen molar-refractivity contribution in [2.45, 2.75) is 19.9 Å². The van der Waals surface area contributed by atoms with Crippen molar-refractivity contribution < 1.29 is 23.8 Å². The third-order valence-corrected chi connectivity index (χ3v) is 5.95. The zero-order chi connectivity index (χ0) is 22.7. The molecule has 1 fully saturated rings. The molecular formula is C24H29N3O5. The maximum Gasteiger partial charge on any atom is 0.325 e. The largest absolute Gasteiger partial charge is 0.494 e. The number of urea groups is 1. The summed E-state index contributed by atoms with van der Waals surface area (Å²) >= 11 is 0. The lowest BCUT2D eigenvalue weighted by Gasteiger charge is -2.31. The number of fused-ring (bicyclic) bond motifs is 1. The van der Waals surface area contributed by atoms with Crippen LogP contribution in [0.4, 0.5) is 10.5 Å². The predicted molar refractivity (Wildman–Crippen MR) is 121 cm³/mol. The zero-order valence-corrected chi connectivity index (χ0v) is 18.8. The fraction of sp³-hybridized carbons (Fsp3) is 0.417. The molecule has 32 heavy (non-hydrogen) atoms. The molecule has 0 spiro atoms. The standard InChI is InChI=1S/C24H29N3O5/c1-4-32-20-7-5-19(6-8-20)27-12-11-26(24(27)29)16-23(28)25-10-9-17-13-21(30-2)22(31-3)14-18(17)15-25/h5-8,13-14H,4,9-12,15-16H2,1-3H3. The van der Waals surface area contributed by atoms with Gasteiger partial charge in [0, 0.05) is 31.9 Å². The van der Waals surface area contributed by atoms with Gasteiger partial charge in [0.05, 0.1) is 20.8 Å². The van der Waals surface area contributed by atoms with Crippen LogP contribution in [0.1, 0.15) is 18.1 Å². The van der Waals surface area contributed by atoms with E-state index in [0.29, 0.717) is 44.3 Å². The number of carbonyl (C=O) groups excluding carboxylic acids is 2. The van der Waals surface area contributed by atoms with E-state index in [9.17, 15) is 9.59 Å². The van der Waals surface area contributed by atoms with E-state index in [1.54, 1.807) is 28.9 Å². The van der Waals surface area contributed by atoms with Gasteiger partial charge >= 0.3 is 6.03 Å². The van der Waals surface area contributed by atoms with Gasteiger partial charge < -0.3 is 24.0 Å². The van der Waals surface area contributed by atoms with Gasteiger partial charge in [-0.3, -0.25) is 9.69 Å². The molecule has 0 N–H and O–H groups in total. The molecule has 0 bridgehead atoms. The van der Waals surface area contributed by atoms with Crippen molar-refractivity contribution in [1.29, 1.82) is 0 Å². The molecule has 2 aliphatic rings. The molecule has 1 saturated heterocycles. The second-order valence-electron chi connectivity index (χ2n) is 7.82. The Labute approximate surface area is 188 Å². The van der Waals surface area contributed by atoms with Crippen LogP contribution >= 0.6 is 0 Å². The molecule has 0 unspecified atom stereocenters. The van der Waals surface area contributed by atoms with Gasteiger partial charge in [-0.05, 0) is 60.9 Å². The van der Waals surface area contributed by atoms with Crippen LogP contribution in [0.3, 0.4) is 0 Å². The van der Waals surface area contributed by atoms with Crippen LogP contribution in [-0.4, -0.2) is 68.7 Å². The van der Waals surface area contributed by atoms with Gasteiger partial charge in [0.2, 0.25) is 5.91 Å². The number of anilines is 1. The first-order valence-corrected chi connectivity index (χ1v) is 10.8. The zero-order valence-electron chi connectivity index (χ0n) is 18.8. The van der Waals surface area contributed by atoms with Crippen molar-refractivity contribution in [3.05, 3.63) is 47.5 Å². The average molecular weight is 440 g/mol. The van der Waals surface area contributed by atoms with Crippen molar-refractivity contribution in [3.8, 4) is 17.2 Å². The molecule has 2 aromatic rings. The number of amides is 3. The minimum atomic E-state index is -0.147. The van der Waals surface area contributed by atoms with E-state index in [1.807, 2.05) is 43.3 Å². The van der Waals surface area contributed by atoms with Gasteiger partial charge in [0.1, 0.15) is 12.3 Å². The summed E-state index contributed by atoms with van der Waals surface area (Å²) in [5.41, 5.74) is 3.01. The van der Waals surface area contributed by atoms with E-state index in [0.717, 1.165) is 29.0 Å². The minimum Gasteiger partial charge on any atom is -0.494 e. The first kappa shape index (κ1) is 21.8. The van der Waals surface area contributed by atoms with Crippen LogP contribution in [0.15, 0.2) is 36.4 Å². The molecule has 0 aliphatic carbocycles. The molecule has 0 radical (unpaired) electrons. The Bertz CT molecular complexity index is 992. The lowest BCUT2D eigenvalue weighted by molar-refractivity contribution is -0.132. The maximum atomic E-state index is 13.0. The SMILES string of the molecule is CCOc1ccc(N2CCN(CC(=O)N3CCc4cc(OC)c(OC)cc4C3)C2=O)cc1. The van der Waals surface area contributed by atoms with Crippen molar-refractivity contribution in [2.75, 3.05) is 51.9 Å². The highest BCUT2D eigenvalue weighted by Gasteiger charge is 2.32. The Morgan fingerprint density at radius 3 is 2.31 bits per heavy atom. The monoisotopic (exact) mass is 439 g/mol. The van der Waals surface area contributed by atoms with E-state index < -0.39 is 0 Å². The van der Waals surface area contributed by atoms with E-state index in [-0.39, 0.29) is 18.5 Å². The van der Waals surface area contributed by atoms with Crippen LogP contribution in [0.25, 0.3) is 0 Å². The van der Waals surface area contributed by atoms with Crippen molar-refractivity contribution >= 4 is 17.6 Å². The summed E-state index contributed by atoms with van der Waals surface area (Å²) in [5, 5.41) is 0. The summed E-state index contributed by atoms with van der Waals surface area (Å²) in [6.45, 7) is 4.80. The van der Waals surface area contributed by atoms with Crippen molar-refractivity contribution in [2.24, 2.45) is 0 Å². The maximum absolute atomic E-state index is 13.0. The summed E-state index contributed by atoms with van der Waals surface area (Å²) in [6, 6.07) is 11.2. The predicted octanol–water partition coefficient (Wildman–Crippen LogP) is 2.93. The van der Waals surface area contributed by atoms with Gasteiger partial charge in [0.15, 0.2) is 11.5 Å². The van der Waals surface area contributed by atoms with E-state index in [4.69, 9.17) is 14.2 Å². The molecular weight excluding hydrogens is 410 g/mol. The van der Waals surface area contributed by atoms with Gasteiger partial charge in [-0.15, -0.1) is 0 Å². The van der Waals surface area contributed by atoms with E-state index >= 15 is 0 Å². The number of methoxy groups -OCH3 is 2. The van der Waals surface area contributed by atoms with Crippen LogP contribution < -0.4 is 19.1 Å². The Morgan fingerprint density at radius 1 is 0.969 bits per heavy atom. The highest BCUT2D eigenvalue weighted by Crippen LogP contribution is 2.33. The average Bonchev–Trinajstić information content (AvgIpc) is 3.18. The number of carbonyl (C=O) groups is 2. The second kappa shape index (κ2) is 9.38. The number of benzene rings is 2. The first-order valence-electron chi connectivity index (χ1n) is 10.8. The molecule has 3 amide bonds. The number of rotatable bonds is 7. The van der Waals surface area contributed by atoms with Crippen molar-refractivity contribution in [1.82, 2.24) is 9.80 Å². The number of hydrogen-bond acceptors (Lipinski definition) is 5. The Balaban J connectivity index is 1.39. The molecule has 0 aromatic heterocycles. The minimum absolute atomic E-state index is 0.0488. The lowest BCUT2D eigenvalue weighted by atomic mass is 9.98. The molecule has 170 valence electrons. The quantitative estimate of drug-likeness (QED) is 0.663. The highest BCUT2D eigenvalue weighted by atomic mass is 16.5. The fourth-order valence-electron chi connectivity index (χ4n) is 4.22. The summed E-state index contributed by atoms with van der Waals surface area (Å²) in [6.07, 6.45) is 0.744. The molecule has 0 atom stereocenters. The molecule has 2 heterocycles. The van der Waals surface area contributed by atoms with Gasteiger partial charge in [-0.25, -0.2) is 4.79 Å². The van der Waals surface area contributed by atoms with Gasteiger partial charge in [0.25, 0.3) is 0 Å². The molecule has 8 nitrogen and oxygen atoms in total. The number of hydrogen-bond donors (Lipinski definition) is 0. The Hall–Kier alpha value is -3.42. The summed E-state index contributed by atoms with van der Waals surface area (Å²) in [7, 11) is 3.22. The molecule has 4 rings (SSSR count). The molecule has 2 aliphatic heterocycles. The topological polar surface area (TPSA) is 71.6 Å². The Kier molecular flexibility index (Phi) is 6.39. The van der Waals surface area contributed by atoms with Crippen LogP contribution in [0, 0.1) is 0 Å². The van der Waals surface area contributed by atoms with E-state index in [2.05, 4.69) is 0 Å². The third kappa shape index (κ3) is 4.30. The second-order valence-corrected chi connectivity index (χ2v) is 7.82. The lowest BCUT2D eigenvalue weighted by Crippen LogP contribution is -2.44.